The molecule has 2 aromatic rings. The van der Waals surface area contributed by atoms with Gasteiger partial charge in [-0.1, -0.05) is 0 Å². The van der Waals surface area contributed by atoms with Gasteiger partial charge in [-0.2, -0.15) is 15.1 Å². The van der Waals surface area contributed by atoms with Gasteiger partial charge in [-0.3, -0.25) is 5.10 Å². The molecule has 2 heterocycles. The molecular weight excluding hydrogens is 272 g/mol. The van der Waals surface area contributed by atoms with Gasteiger partial charge < -0.3 is 14.2 Å². The lowest BCUT2D eigenvalue weighted by atomic mass is 10.4. The van der Waals surface area contributed by atoms with Gasteiger partial charge in [0, 0.05) is 20.3 Å². The van der Waals surface area contributed by atoms with E-state index in [9.17, 15) is 0 Å². The Kier molecular flexibility index (Phi) is 5.31. The van der Waals surface area contributed by atoms with E-state index >= 15 is 0 Å². The summed E-state index contributed by atoms with van der Waals surface area (Å²) < 4.78 is 15.8. The third-order valence-electron chi connectivity index (χ3n) is 2.35. The fourth-order valence-electron chi connectivity index (χ4n) is 1.50. The topological polar surface area (TPSA) is 82.1 Å². The van der Waals surface area contributed by atoms with E-state index in [4.69, 9.17) is 25.8 Å². The number of aromatic amines is 1. The first-order chi connectivity index (χ1) is 9.31. The fraction of sp³-hybridized carbons (Fsp3) is 0.545. The van der Waals surface area contributed by atoms with Crippen molar-refractivity contribution in [2.45, 2.75) is 6.42 Å². The molecule has 0 aliphatic rings. The molecule has 19 heavy (non-hydrogen) atoms. The van der Waals surface area contributed by atoms with Gasteiger partial charge in [0.2, 0.25) is 11.2 Å². The highest BCUT2D eigenvalue weighted by Crippen LogP contribution is 2.21. The Hall–Kier alpha value is -1.44. The van der Waals surface area contributed by atoms with E-state index in [0.29, 0.717) is 43.3 Å². The van der Waals surface area contributed by atoms with Crippen LogP contribution in [-0.4, -0.2) is 53.7 Å². The highest BCUT2D eigenvalue weighted by atomic mass is 35.5. The van der Waals surface area contributed by atoms with E-state index in [2.05, 4.69) is 20.2 Å². The first-order valence-electron chi connectivity index (χ1n) is 5.87. The van der Waals surface area contributed by atoms with Crippen LogP contribution in [0.15, 0.2) is 6.20 Å². The smallest absolute Gasteiger partial charge is 0.229 e. The van der Waals surface area contributed by atoms with Crippen LogP contribution in [-0.2, 0) is 9.47 Å². The SMILES string of the molecule is COCCCOCCOc1nc(Cl)nc2[nH]ncc12. The molecule has 0 bridgehead atoms. The van der Waals surface area contributed by atoms with E-state index < -0.39 is 0 Å². The van der Waals surface area contributed by atoms with Gasteiger partial charge in [0.1, 0.15) is 12.0 Å². The van der Waals surface area contributed by atoms with Crippen LogP contribution in [0.4, 0.5) is 0 Å². The van der Waals surface area contributed by atoms with Crippen molar-refractivity contribution in [2.24, 2.45) is 0 Å². The van der Waals surface area contributed by atoms with Crippen molar-refractivity contribution >= 4 is 22.6 Å². The molecule has 7 nitrogen and oxygen atoms in total. The summed E-state index contributed by atoms with van der Waals surface area (Å²) in [6.07, 6.45) is 2.46. The highest BCUT2D eigenvalue weighted by Gasteiger charge is 2.09. The van der Waals surface area contributed by atoms with Crippen molar-refractivity contribution in [1.29, 1.82) is 0 Å². The van der Waals surface area contributed by atoms with Crippen LogP contribution in [0.3, 0.4) is 0 Å². The van der Waals surface area contributed by atoms with Crippen molar-refractivity contribution in [3.63, 3.8) is 0 Å². The number of H-pyrrole nitrogens is 1. The van der Waals surface area contributed by atoms with Crippen molar-refractivity contribution in [3.05, 3.63) is 11.5 Å². The van der Waals surface area contributed by atoms with Crippen LogP contribution in [0.5, 0.6) is 5.88 Å². The third kappa shape index (κ3) is 4.02. The summed E-state index contributed by atoms with van der Waals surface area (Å²) in [4.78, 5) is 8.00. The molecule has 0 aliphatic carbocycles. The molecule has 0 saturated heterocycles. The standard InChI is InChI=1S/C11H15ClN4O3/c1-17-3-2-4-18-5-6-19-10-8-7-13-16-9(8)14-11(12)15-10/h7H,2-6H2,1H3,(H,13,14,15,16). The first kappa shape index (κ1) is 14.0. The maximum atomic E-state index is 5.78. The second kappa shape index (κ2) is 7.22. The van der Waals surface area contributed by atoms with Gasteiger partial charge in [-0.15, -0.1) is 0 Å². The monoisotopic (exact) mass is 286 g/mol. The minimum atomic E-state index is 0.118. The molecule has 0 spiro atoms. The van der Waals surface area contributed by atoms with Crippen molar-refractivity contribution in [3.8, 4) is 5.88 Å². The van der Waals surface area contributed by atoms with Crippen molar-refractivity contribution in [2.75, 3.05) is 33.5 Å². The molecule has 8 heteroatoms. The first-order valence-corrected chi connectivity index (χ1v) is 6.25. The molecule has 0 aromatic carbocycles. The van der Waals surface area contributed by atoms with Crippen LogP contribution < -0.4 is 4.74 Å². The summed E-state index contributed by atoms with van der Waals surface area (Å²) in [6, 6.07) is 0. The van der Waals surface area contributed by atoms with E-state index in [1.165, 1.54) is 0 Å². The number of aromatic nitrogens is 4. The zero-order valence-corrected chi connectivity index (χ0v) is 11.3. The highest BCUT2D eigenvalue weighted by molar-refractivity contribution is 6.28. The zero-order chi connectivity index (χ0) is 13.5. The molecular formula is C11H15ClN4O3. The molecule has 0 unspecified atom stereocenters. The minimum Gasteiger partial charge on any atom is -0.475 e. The third-order valence-corrected chi connectivity index (χ3v) is 2.52. The normalized spacial score (nSPS) is 11.1. The van der Waals surface area contributed by atoms with Crippen molar-refractivity contribution < 1.29 is 14.2 Å². The minimum absolute atomic E-state index is 0.118. The number of rotatable bonds is 8. The molecule has 0 atom stereocenters. The number of nitrogens with one attached hydrogen (secondary N) is 1. The summed E-state index contributed by atoms with van der Waals surface area (Å²) in [5.41, 5.74) is 0.552. The molecule has 0 radical (unpaired) electrons. The Morgan fingerprint density at radius 1 is 1.21 bits per heavy atom. The Bertz CT molecular complexity index is 520. The van der Waals surface area contributed by atoms with Gasteiger partial charge in [0.05, 0.1) is 12.8 Å². The second-order valence-corrected chi connectivity index (χ2v) is 4.08. The lowest BCUT2D eigenvalue weighted by Gasteiger charge is -2.07. The molecule has 0 aliphatic heterocycles. The van der Waals surface area contributed by atoms with Crippen molar-refractivity contribution in [1.82, 2.24) is 20.2 Å². The summed E-state index contributed by atoms with van der Waals surface area (Å²) in [7, 11) is 1.66. The Labute approximate surface area is 115 Å². The molecule has 0 fully saturated rings. The Morgan fingerprint density at radius 3 is 2.95 bits per heavy atom. The largest absolute Gasteiger partial charge is 0.475 e. The van der Waals surface area contributed by atoms with E-state index in [0.717, 1.165) is 6.42 Å². The van der Waals surface area contributed by atoms with Crippen LogP contribution >= 0.6 is 11.6 Å². The number of fused-ring (bicyclic) bond motifs is 1. The van der Waals surface area contributed by atoms with E-state index in [1.54, 1.807) is 13.3 Å². The second-order valence-electron chi connectivity index (χ2n) is 3.74. The van der Waals surface area contributed by atoms with Crippen LogP contribution in [0, 0.1) is 0 Å². The van der Waals surface area contributed by atoms with Crippen LogP contribution in [0.2, 0.25) is 5.28 Å². The van der Waals surface area contributed by atoms with Gasteiger partial charge in [-0.05, 0) is 18.0 Å². The zero-order valence-electron chi connectivity index (χ0n) is 10.6. The predicted octanol–water partition coefficient (Wildman–Crippen LogP) is 1.44. The number of hydrogen-bond acceptors (Lipinski definition) is 6. The van der Waals surface area contributed by atoms with Gasteiger partial charge >= 0.3 is 0 Å². The lowest BCUT2D eigenvalue weighted by molar-refractivity contribution is 0.0799. The number of nitrogens with zero attached hydrogens (tertiary/aromatic N) is 3. The quantitative estimate of drug-likeness (QED) is 0.584. The maximum absolute atomic E-state index is 5.78. The number of halogens is 1. The average molecular weight is 287 g/mol. The number of ether oxygens (including phenoxy) is 3. The fourth-order valence-corrected chi connectivity index (χ4v) is 1.66. The summed E-state index contributed by atoms with van der Waals surface area (Å²) in [6.45, 7) is 2.20. The summed E-state index contributed by atoms with van der Waals surface area (Å²) >= 11 is 5.78. The Balaban J connectivity index is 1.79. The maximum Gasteiger partial charge on any atom is 0.229 e. The molecule has 0 saturated carbocycles. The molecule has 0 amide bonds. The lowest BCUT2D eigenvalue weighted by Crippen LogP contribution is -2.09. The Morgan fingerprint density at radius 2 is 2.11 bits per heavy atom. The van der Waals surface area contributed by atoms with Gasteiger partial charge in [0.25, 0.3) is 0 Å². The molecule has 1 N–H and O–H groups in total. The number of methoxy groups -OCH3 is 1. The van der Waals surface area contributed by atoms with Crippen LogP contribution in [0.25, 0.3) is 11.0 Å². The van der Waals surface area contributed by atoms with Crippen LogP contribution in [0.1, 0.15) is 6.42 Å². The number of hydrogen-bond donors (Lipinski definition) is 1. The predicted molar refractivity (Wildman–Crippen MR) is 69.5 cm³/mol. The van der Waals surface area contributed by atoms with E-state index in [-0.39, 0.29) is 5.28 Å². The summed E-state index contributed by atoms with van der Waals surface area (Å²) in [5.74, 6) is 0.407. The van der Waals surface area contributed by atoms with E-state index in [1.807, 2.05) is 0 Å². The van der Waals surface area contributed by atoms with Gasteiger partial charge in [-0.25, -0.2) is 0 Å². The average Bonchev–Trinajstić information content (AvgIpc) is 2.85. The summed E-state index contributed by atoms with van der Waals surface area (Å²) in [5, 5.41) is 7.40. The van der Waals surface area contributed by atoms with Gasteiger partial charge in [0.15, 0.2) is 5.65 Å². The molecule has 2 rings (SSSR count). The molecule has 104 valence electrons. The molecule has 2 aromatic heterocycles.